The minimum atomic E-state index is -0.969. The summed E-state index contributed by atoms with van der Waals surface area (Å²) < 4.78 is 9.93. The zero-order chi connectivity index (χ0) is 15.0. The molecule has 0 aliphatic heterocycles. The summed E-state index contributed by atoms with van der Waals surface area (Å²) >= 11 is 0. The van der Waals surface area contributed by atoms with Crippen molar-refractivity contribution in [3.63, 3.8) is 0 Å². The molecular formula is C15H18O5. The SMILES string of the molecule is CCCOc1ccc(C(=O)CC(=O)C(=O)OCC)cc1. The second-order valence-electron chi connectivity index (χ2n) is 4.12. The van der Waals surface area contributed by atoms with Crippen molar-refractivity contribution in [2.75, 3.05) is 13.2 Å². The van der Waals surface area contributed by atoms with Crippen molar-refractivity contribution in [2.24, 2.45) is 0 Å². The number of hydrogen-bond acceptors (Lipinski definition) is 5. The molecule has 0 saturated carbocycles. The molecule has 5 nitrogen and oxygen atoms in total. The number of Topliss-reactive ketones (excluding diaryl/α,β-unsaturated/α-hetero) is 2. The van der Waals surface area contributed by atoms with Gasteiger partial charge in [0, 0.05) is 5.56 Å². The van der Waals surface area contributed by atoms with Crippen LogP contribution in [-0.2, 0) is 14.3 Å². The number of rotatable bonds is 8. The van der Waals surface area contributed by atoms with E-state index in [4.69, 9.17) is 4.74 Å². The van der Waals surface area contributed by atoms with Crippen LogP contribution < -0.4 is 4.74 Å². The van der Waals surface area contributed by atoms with E-state index in [0.29, 0.717) is 17.9 Å². The van der Waals surface area contributed by atoms with Crippen molar-refractivity contribution in [3.05, 3.63) is 29.8 Å². The molecule has 0 amide bonds. The first-order chi connectivity index (χ1) is 9.58. The Hall–Kier alpha value is -2.17. The van der Waals surface area contributed by atoms with Gasteiger partial charge in [0.2, 0.25) is 5.78 Å². The first kappa shape index (κ1) is 15.9. The van der Waals surface area contributed by atoms with Crippen molar-refractivity contribution >= 4 is 17.5 Å². The minimum absolute atomic E-state index is 0.113. The Kier molecular flexibility index (Phi) is 6.43. The first-order valence-corrected chi connectivity index (χ1v) is 6.54. The molecule has 1 aromatic carbocycles. The van der Waals surface area contributed by atoms with Crippen molar-refractivity contribution in [3.8, 4) is 5.75 Å². The van der Waals surface area contributed by atoms with Crippen LogP contribution in [0.2, 0.25) is 0 Å². The largest absolute Gasteiger partial charge is 0.494 e. The number of ether oxygens (including phenoxy) is 2. The fourth-order valence-corrected chi connectivity index (χ4v) is 1.49. The van der Waals surface area contributed by atoms with Gasteiger partial charge in [0.25, 0.3) is 0 Å². The van der Waals surface area contributed by atoms with Crippen LogP contribution in [0.1, 0.15) is 37.0 Å². The highest BCUT2D eigenvalue weighted by Gasteiger charge is 2.19. The monoisotopic (exact) mass is 278 g/mol. The van der Waals surface area contributed by atoms with Crippen LogP contribution in [0.5, 0.6) is 5.75 Å². The molecule has 0 unspecified atom stereocenters. The molecule has 20 heavy (non-hydrogen) atoms. The molecule has 0 spiro atoms. The first-order valence-electron chi connectivity index (χ1n) is 6.54. The number of carbonyl (C=O) groups is 3. The molecule has 0 radical (unpaired) electrons. The number of hydrogen-bond donors (Lipinski definition) is 0. The van der Waals surface area contributed by atoms with Gasteiger partial charge in [-0.2, -0.15) is 0 Å². The Balaban J connectivity index is 2.59. The number of carbonyl (C=O) groups excluding carboxylic acids is 3. The van der Waals surface area contributed by atoms with E-state index in [2.05, 4.69) is 4.74 Å². The van der Waals surface area contributed by atoms with Crippen molar-refractivity contribution in [2.45, 2.75) is 26.7 Å². The topological polar surface area (TPSA) is 69.7 Å². The summed E-state index contributed by atoms with van der Waals surface area (Å²) in [4.78, 5) is 34.4. The van der Waals surface area contributed by atoms with Gasteiger partial charge in [0.1, 0.15) is 5.75 Å². The predicted molar refractivity (Wildman–Crippen MR) is 72.8 cm³/mol. The molecule has 1 aromatic rings. The highest BCUT2D eigenvalue weighted by molar-refractivity contribution is 6.38. The average molecular weight is 278 g/mol. The van der Waals surface area contributed by atoms with Gasteiger partial charge in [0.15, 0.2) is 5.78 Å². The maximum absolute atomic E-state index is 11.8. The zero-order valence-electron chi connectivity index (χ0n) is 11.7. The second kappa shape index (κ2) is 8.09. The molecule has 0 aliphatic carbocycles. The maximum atomic E-state index is 11.8. The molecule has 1 rings (SSSR count). The number of ketones is 2. The Morgan fingerprint density at radius 1 is 1.05 bits per heavy atom. The zero-order valence-corrected chi connectivity index (χ0v) is 11.7. The molecule has 0 aliphatic rings. The summed E-state index contributed by atoms with van der Waals surface area (Å²) in [5.41, 5.74) is 0.367. The average Bonchev–Trinajstić information content (AvgIpc) is 2.45. The molecule has 0 bridgehead atoms. The molecule has 108 valence electrons. The standard InChI is InChI=1S/C15H18O5/c1-3-9-20-12-7-5-11(6-8-12)13(16)10-14(17)15(18)19-4-2/h5-8H,3-4,9-10H2,1-2H3. The summed E-state index contributed by atoms with van der Waals surface area (Å²) in [6.07, 6.45) is 0.419. The van der Waals surface area contributed by atoms with Crippen molar-refractivity contribution in [1.29, 1.82) is 0 Å². The highest BCUT2D eigenvalue weighted by Crippen LogP contribution is 2.14. The maximum Gasteiger partial charge on any atom is 0.375 e. The lowest BCUT2D eigenvalue weighted by molar-refractivity contribution is -0.153. The molecule has 0 aromatic heterocycles. The summed E-state index contributed by atoms with van der Waals surface area (Å²) in [6.45, 7) is 4.32. The highest BCUT2D eigenvalue weighted by atomic mass is 16.5. The van der Waals surface area contributed by atoms with E-state index in [1.165, 1.54) is 0 Å². The Morgan fingerprint density at radius 3 is 2.25 bits per heavy atom. The van der Waals surface area contributed by atoms with E-state index in [9.17, 15) is 14.4 Å². The summed E-state index contributed by atoms with van der Waals surface area (Å²) in [6, 6.07) is 6.48. The molecule has 0 saturated heterocycles. The molecule has 0 fully saturated rings. The Bertz CT molecular complexity index is 476. The van der Waals surface area contributed by atoms with Gasteiger partial charge in [-0.1, -0.05) is 6.92 Å². The van der Waals surface area contributed by atoms with Crippen molar-refractivity contribution in [1.82, 2.24) is 0 Å². The van der Waals surface area contributed by atoms with Crippen LogP contribution in [0.4, 0.5) is 0 Å². The van der Waals surface area contributed by atoms with Gasteiger partial charge >= 0.3 is 5.97 Å². The lowest BCUT2D eigenvalue weighted by Crippen LogP contribution is -2.20. The second-order valence-corrected chi connectivity index (χ2v) is 4.12. The van der Waals surface area contributed by atoms with E-state index in [1.54, 1.807) is 31.2 Å². The van der Waals surface area contributed by atoms with Crippen LogP contribution in [0.25, 0.3) is 0 Å². The van der Waals surface area contributed by atoms with Gasteiger partial charge in [-0.25, -0.2) is 4.79 Å². The third kappa shape index (κ3) is 4.84. The fourth-order valence-electron chi connectivity index (χ4n) is 1.49. The van der Waals surface area contributed by atoms with E-state index in [-0.39, 0.29) is 6.61 Å². The van der Waals surface area contributed by atoms with E-state index in [1.807, 2.05) is 6.92 Å². The Morgan fingerprint density at radius 2 is 1.70 bits per heavy atom. The minimum Gasteiger partial charge on any atom is -0.494 e. The quantitative estimate of drug-likeness (QED) is 0.315. The smallest absolute Gasteiger partial charge is 0.375 e. The van der Waals surface area contributed by atoms with Crippen LogP contribution in [0, 0.1) is 0 Å². The summed E-state index contributed by atoms with van der Waals surface area (Å²) in [5, 5.41) is 0. The number of benzene rings is 1. The van der Waals surface area contributed by atoms with Crippen molar-refractivity contribution < 1.29 is 23.9 Å². The van der Waals surface area contributed by atoms with E-state index in [0.717, 1.165) is 6.42 Å². The van der Waals surface area contributed by atoms with Crippen LogP contribution in [0.15, 0.2) is 24.3 Å². The fraction of sp³-hybridized carbons (Fsp3) is 0.400. The predicted octanol–water partition coefficient (Wildman–Crippen LogP) is 2.18. The molecular weight excluding hydrogens is 260 g/mol. The lowest BCUT2D eigenvalue weighted by Gasteiger charge is -2.05. The summed E-state index contributed by atoms with van der Waals surface area (Å²) in [7, 11) is 0. The van der Waals surface area contributed by atoms with Gasteiger partial charge in [-0.3, -0.25) is 9.59 Å². The van der Waals surface area contributed by atoms with Gasteiger partial charge in [-0.15, -0.1) is 0 Å². The van der Waals surface area contributed by atoms with Crippen LogP contribution >= 0.6 is 0 Å². The third-order valence-electron chi connectivity index (χ3n) is 2.47. The summed E-state index contributed by atoms with van der Waals surface area (Å²) in [5.74, 6) is -1.54. The molecule has 0 heterocycles. The van der Waals surface area contributed by atoms with E-state index < -0.39 is 24.0 Å². The van der Waals surface area contributed by atoms with Gasteiger partial charge < -0.3 is 9.47 Å². The van der Waals surface area contributed by atoms with Gasteiger partial charge in [-0.05, 0) is 37.6 Å². The molecule has 5 heteroatoms. The molecule has 0 atom stereocenters. The van der Waals surface area contributed by atoms with Crippen LogP contribution in [0.3, 0.4) is 0 Å². The lowest BCUT2D eigenvalue weighted by atomic mass is 10.1. The van der Waals surface area contributed by atoms with E-state index >= 15 is 0 Å². The third-order valence-corrected chi connectivity index (χ3v) is 2.47. The number of esters is 1. The normalized spacial score (nSPS) is 9.90. The Labute approximate surface area is 117 Å². The van der Waals surface area contributed by atoms with Gasteiger partial charge in [0.05, 0.1) is 19.6 Å². The molecule has 0 N–H and O–H groups in total. The van der Waals surface area contributed by atoms with Crippen LogP contribution in [-0.4, -0.2) is 30.7 Å².